The van der Waals surface area contributed by atoms with Crippen LogP contribution in [0, 0.1) is 6.92 Å². The summed E-state index contributed by atoms with van der Waals surface area (Å²) in [4.78, 5) is 22.1. The third kappa shape index (κ3) is 3.43. The predicted molar refractivity (Wildman–Crippen MR) is 89.9 cm³/mol. The van der Waals surface area contributed by atoms with Crippen molar-refractivity contribution in [1.29, 1.82) is 0 Å². The highest BCUT2D eigenvalue weighted by atomic mass is 16.6. The summed E-state index contributed by atoms with van der Waals surface area (Å²) in [6.45, 7) is 2.00. The van der Waals surface area contributed by atoms with E-state index in [9.17, 15) is 4.79 Å². The maximum absolute atomic E-state index is 11.9. The number of carbonyl (C=O) groups excluding carboxylic acids is 1. The largest absolute Gasteiger partial charge is 0.438 e. The number of hydrogen-bond donors (Lipinski definition) is 0. The van der Waals surface area contributed by atoms with E-state index in [1.807, 2.05) is 45.3 Å². The molecule has 0 saturated carbocycles. The Kier molecular flexibility index (Phi) is 4.29. The second-order valence-electron chi connectivity index (χ2n) is 5.56. The van der Waals surface area contributed by atoms with E-state index in [0.29, 0.717) is 17.2 Å². The van der Waals surface area contributed by atoms with Crippen LogP contribution in [0.15, 0.2) is 59.5 Å². The Morgan fingerprint density at radius 3 is 2.62 bits per heavy atom. The normalized spacial score (nSPS) is 15.2. The monoisotopic (exact) mass is 323 g/mol. The van der Waals surface area contributed by atoms with Gasteiger partial charge in [0, 0.05) is 26.5 Å². The van der Waals surface area contributed by atoms with Gasteiger partial charge in [0.15, 0.2) is 5.70 Å². The highest BCUT2D eigenvalue weighted by Crippen LogP contribution is 2.26. The van der Waals surface area contributed by atoms with Crippen LogP contribution in [0.5, 0.6) is 11.6 Å². The molecule has 0 atom stereocenters. The summed E-state index contributed by atoms with van der Waals surface area (Å²) in [6, 6.07) is 11.1. The average molecular weight is 323 g/mol. The van der Waals surface area contributed by atoms with Crippen molar-refractivity contribution in [3.05, 3.63) is 65.6 Å². The zero-order chi connectivity index (χ0) is 17.1. The molecule has 0 radical (unpaired) electrons. The molecule has 122 valence electrons. The Morgan fingerprint density at radius 1 is 1.17 bits per heavy atom. The Labute approximate surface area is 140 Å². The van der Waals surface area contributed by atoms with Gasteiger partial charge in [-0.25, -0.2) is 14.8 Å². The van der Waals surface area contributed by atoms with Gasteiger partial charge in [-0.3, -0.25) is 0 Å². The van der Waals surface area contributed by atoms with Crippen molar-refractivity contribution < 1.29 is 14.3 Å². The van der Waals surface area contributed by atoms with Crippen LogP contribution in [0.3, 0.4) is 0 Å². The predicted octanol–water partition coefficient (Wildman–Crippen LogP) is 2.89. The zero-order valence-corrected chi connectivity index (χ0v) is 13.7. The fraction of sp³-hybridized carbons (Fsp3) is 0.167. The van der Waals surface area contributed by atoms with Gasteiger partial charge >= 0.3 is 5.97 Å². The van der Waals surface area contributed by atoms with Crippen molar-refractivity contribution in [2.24, 2.45) is 4.99 Å². The lowest BCUT2D eigenvalue weighted by atomic mass is 10.2. The van der Waals surface area contributed by atoms with Crippen LogP contribution < -0.4 is 4.74 Å². The van der Waals surface area contributed by atoms with Crippen LogP contribution in [0.2, 0.25) is 0 Å². The van der Waals surface area contributed by atoms with Gasteiger partial charge in [-0.05, 0) is 31.2 Å². The van der Waals surface area contributed by atoms with Crippen LogP contribution in [-0.2, 0) is 9.53 Å². The maximum Gasteiger partial charge on any atom is 0.365 e. The topological polar surface area (TPSA) is 64.0 Å². The molecule has 0 amide bonds. The maximum atomic E-state index is 11.9. The fourth-order valence-corrected chi connectivity index (χ4v) is 2.11. The molecule has 1 aliphatic heterocycles. The van der Waals surface area contributed by atoms with Gasteiger partial charge < -0.3 is 14.4 Å². The van der Waals surface area contributed by atoms with E-state index in [4.69, 9.17) is 9.47 Å². The molecule has 0 fully saturated rings. The number of rotatable bonds is 4. The molecule has 1 aromatic heterocycles. The standard InChI is InChI=1S/C18H17N3O3/c1-12-6-8-13(9-7-12)23-16-14(5-4-10-19-16)17-20-15(11-21(2)3)18(22)24-17/h4-11H,1-3H3/b15-11-. The van der Waals surface area contributed by atoms with Gasteiger partial charge in [0.05, 0.1) is 5.56 Å². The van der Waals surface area contributed by atoms with Crippen LogP contribution in [-0.4, -0.2) is 35.8 Å². The quantitative estimate of drug-likeness (QED) is 0.639. The molecule has 1 aliphatic rings. The summed E-state index contributed by atoms with van der Waals surface area (Å²) >= 11 is 0. The molecule has 2 aromatic rings. The van der Waals surface area contributed by atoms with Crippen molar-refractivity contribution in [3.8, 4) is 11.6 Å². The van der Waals surface area contributed by atoms with Gasteiger partial charge in [0.2, 0.25) is 11.8 Å². The zero-order valence-electron chi connectivity index (χ0n) is 13.7. The van der Waals surface area contributed by atoms with E-state index in [1.165, 1.54) is 0 Å². The summed E-state index contributed by atoms with van der Waals surface area (Å²) in [5.41, 5.74) is 1.89. The molecule has 0 N–H and O–H groups in total. The molecule has 6 heteroatoms. The lowest BCUT2D eigenvalue weighted by molar-refractivity contribution is -0.130. The molecule has 0 saturated heterocycles. The number of cyclic esters (lactones) is 1. The molecule has 0 bridgehead atoms. The minimum absolute atomic E-state index is 0.184. The number of hydrogen-bond acceptors (Lipinski definition) is 6. The van der Waals surface area contributed by atoms with E-state index in [-0.39, 0.29) is 11.6 Å². The Morgan fingerprint density at radius 2 is 1.92 bits per heavy atom. The molecule has 0 spiro atoms. The second-order valence-corrected chi connectivity index (χ2v) is 5.56. The first-order valence-electron chi connectivity index (χ1n) is 7.42. The van der Waals surface area contributed by atoms with Gasteiger partial charge in [0.1, 0.15) is 5.75 Å². The number of aliphatic imine (C=N–C) groups is 1. The number of aryl methyl sites for hydroxylation is 1. The smallest absolute Gasteiger partial charge is 0.365 e. The summed E-state index contributed by atoms with van der Waals surface area (Å²) in [5, 5.41) is 0. The fourth-order valence-electron chi connectivity index (χ4n) is 2.11. The van der Waals surface area contributed by atoms with E-state index in [2.05, 4.69) is 9.98 Å². The third-order valence-corrected chi connectivity index (χ3v) is 3.24. The number of aromatic nitrogens is 1. The van der Waals surface area contributed by atoms with E-state index >= 15 is 0 Å². The first kappa shape index (κ1) is 15.7. The van der Waals surface area contributed by atoms with Gasteiger partial charge in [0.25, 0.3) is 0 Å². The van der Waals surface area contributed by atoms with Gasteiger partial charge in [-0.15, -0.1) is 0 Å². The lowest BCUT2D eigenvalue weighted by Crippen LogP contribution is -2.09. The molecular formula is C18H17N3O3. The van der Waals surface area contributed by atoms with Crippen molar-refractivity contribution in [3.63, 3.8) is 0 Å². The van der Waals surface area contributed by atoms with Crippen LogP contribution in [0.1, 0.15) is 11.1 Å². The average Bonchev–Trinajstić information content (AvgIpc) is 2.90. The van der Waals surface area contributed by atoms with Gasteiger partial charge in [-0.2, -0.15) is 0 Å². The summed E-state index contributed by atoms with van der Waals surface area (Å²) in [5.74, 6) is 0.667. The van der Waals surface area contributed by atoms with E-state index < -0.39 is 5.97 Å². The van der Waals surface area contributed by atoms with Crippen molar-refractivity contribution in [2.45, 2.75) is 6.92 Å². The molecular weight excluding hydrogens is 306 g/mol. The first-order chi connectivity index (χ1) is 11.5. The summed E-state index contributed by atoms with van der Waals surface area (Å²) < 4.78 is 11.1. The number of nitrogens with zero attached hydrogens (tertiary/aromatic N) is 3. The molecule has 6 nitrogen and oxygen atoms in total. The lowest BCUT2D eigenvalue weighted by Gasteiger charge is -2.09. The van der Waals surface area contributed by atoms with Crippen LogP contribution >= 0.6 is 0 Å². The molecule has 2 heterocycles. The number of ether oxygens (including phenoxy) is 2. The number of pyridine rings is 1. The number of carbonyl (C=O) groups is 1. The highest BCUT2D eigenvalue weighted by Gasteiger charge is 2.27. The minimum Gasteiger partial charge on any atom is -0.438 e. The van der Waals surface area contributed by atoms with E-state index in [1.54, 1.807) is 29.4 Å². The highest BCUT2D eigenvalue weighted by molar-refractivity contribution is 6.11. The minimum atomic E-state index is -0.496. The van der Waals surface area contributed by atoms with Gasteiger partial charge in [-0.1, -0.05) is 17.7 Å². The van der Waals surface area contributed by atoms with Crippen molar-refractivity contribution in [1.82, 2.24) is 9.88 Å². The number of benzene rings is 1. The third-order valence-electron chi connectivity index (χ3n) is 3.24. The first-order valence-corrected chi connectivity index (χ1v) is 7.42. The molecule has 3 rings (SSSR count). The van der Waals surface area contributed by atoms with Crippen molar-refractivity contribution in [2.75, 3.05) is 14.1 Å². The van der Waals surface area contributed by atoms with Crippen LogP contribution in [0.4, 0.5) is 0 Å². The summed E-state index contributed by atoms with van der Waals surface area (Å²) in [6.07, 6.45) is 3.22. The second kappa shape index (κ2) is 6.54. The van der Waals surface area contributed by atoms with Crippen LogP contribution in [0.25, 0.3) is 0 Å². The SMILES string of the molecule is Cc1ccc(Oc2ncccc2C2=N/C(=C\N(C)C)C(=O)O2)cc1. The molecule has 0 unspecified atom stereocenters. The Balaban J connectivity index is 1.92. The van der Waals surface area contributed by atoms with E-state index in [0.717, 1.165) is 5.56 Å². The molecule has 24 heavy (non-hydrogen) atoms. The Bertz CT molecular complexity index is 824. The molecule has 1 aromatic carbocycles. The Hall–Kier alpha value is -3.15. The van der Waals surface area contributed by atoms with Crippen molar-refractivity contribution >= 4 is 11.9 Å². The number of esters is 1. The molecule has 0 aliphatic carbocycles. The summed E-state index contributed by atoms with van der Waals surface area (Å²) in [7, 11) is 3.62.